The Bertz CT molecular complexity index is 770. The van der Waals surface area contributed by atoms with E-state index < -0.39 is 0 Å². The van der Waals surface area contributed by atoms with Gasteiger partial charge in [0.25, 0.3) is 5.91 Å². The summed E-state index contributed by atoms with van der Waals surface area (Å²) in [7, 11) is 0. The van der Waals surface area contributed by atoms with Crippen LogP contribution in [0.2, 0.25) is 0 Å². The SMILES string of the molecule is Cc1noc(C)c1C(=O)NCCc1nnc2ccccn12. The summed E-state index contributed by atoms with van der Waals surface area (Å²) in [6.45, 7) is 3.94. The van der Waals surface area contributed by atoms with Crippen molar-refractivity contribution in [1.29, 1.82) is 0 Å². The summed E-state index contributed by atoms with van der Waals surface area (Å²) >= 11 is 0. The van der Waals surface area contributed by atoms with Crippen LogP contribution >= 0.6 is 0 Å². The number of hydrogen-bond donors (Lipinski definition) is 1. The standard InChI is InChI=1S/C14H15N5O2/c1-9-13(10(2)21-18-9)14(20)15-7-6-12-17-16-11-5-3-4-8-19(11)12/h3-5,8H,6-7H2,1-2H3,(H,15,20). The Morgan fingerprint density at radius 1 is 1.33 bits per heavy atom. The topological polar surface area (TPSA) is 85.3 Å². The van der Waals surface area contributed by atoms with Gasteiger partial charge in [-0.25, -0.2) is 0 Å². The lowest BCUT2D eigenvalue weighted by molar-refractivity contribution is 0.0952. The number of carbonyl (C=O) groups excluding carboxylic acids is 1. The lowest BCUT2D eigenvalue weighted by Crippen LogP contribution is -2.27. The summed E-state index contributed by atoms with van der Waals surface area (Å²) in [5.41, 5.74) is 1.89. The summed E-state index contributed by atoms with van der Waals surface area (Å²) in [6.07, 6.45) is 2.50. The third kappa shape index (κ3) is 2.49. The first kappa shape index (κ1) is 13.3. The highest BCUT2D eigenvalue weighted by Crippen LogP contribution is 2.11. The Kier molecular flexibility index (Phi) is 3.39. The van der Waals surface area contributed by atoms with E-state index in [1.165, 1.54) is 0 Å². The van der Waals surface area contributed by atoms with Gasteiger partial charge in [0, 0.05) is 19.2 Å². The number of amides is 1. The number of nitrogens with zero attached hydrogens (tertiary/aromatic N) is 4. The van der Waals surface area contributed by atoms with Crippen molar-refractivity contribution in [3.63, 3.8) is 0 Å². The fraction of sp³-hybridized carbons (Fsp3) is 0.286. The van der Waals surface area contributed by atoms with Crippen LogP contribution in [0, 0.1) is 13.8 Å². The second kappa shape index (κ2) is 5.35. The molecule has 0 bridgehead atoms. The van der Waals surface area contributed by atoms with E-state index >= 15 is 0 Å². The molecule has 1 N–H and O–H groups in total. The molecule has 0 radical (unpaired) electrons. The van der Waals surface area contributed by atoms with Crippen LogP contribution in [0.15, 0.2) is 28.9 Å². The van der Waals surface area contributed by atoms with Gasteiger partial charge in [-0.05, 0) is 26.0 Å². The molecule has 7 heteroatoms. The van der Waals surface area contributed by atoms with Gasteiger partial charge < -0.3 is 9.84 Å². The predicted molar refractivity (Wildman–Crippen MR) is 75.0 cm³/mol. The largest absolute Gasteiger partial charge is 0.361 e. The zero-order valence-corrected chi connectivity index (χ0v) is 11.8. The molecular weight excluding hydrogens is 270 g/mol. The number of aryl methyl sites for hydroxylation is 2. The minimum Gasteiger partial charge on any atom is -0.361 e. The number of fused-ring (bicyclic) bond motifs is 1. The maximum Gasteiger partial charge on any atom is 0.256 e. The van der Waals surface area contributed by atoms with E-state index in [9.17, 15) is 4.79 Å². The molecule has 21 heavy (non-hydrogen) atoms. The maximum absolute atomic E-state index is 12.1. The highest BCUT2D eigenvalue weighted by atomic mass is 16.5. The van der Waals surface area contributed by atoms with Crippen LogP contribution in [0.25, 0.3) is 5.65 Å². The van der Waals surface area contributed by atoms with Gasteiger partial charge in [-0.1, -0.05) is 11.2 Å². The Hall–Kier alpha value is -2.70. The molecule has 0 saturated carbocycles. The average molecular weight is 285 g/mol. The number of hydrogen-bond acceptors (Lipinski definition) is 5. The zero-order chi connectivity index (χ0) is 14.8. The van der Waals surface area contributed by atoms with Gasteiger partial charge >= 0.3 is 0 Å². The predicted octanol–water partition coefficient (Wildman–Crippen LogP) is 1.31. The van der Waals surface area contributed by atoms with E-state index in [2.05, 4.69) is 20.7 Å². The molecule has 0 aliphatic heterocycles. The number of carbonyl (C=O) groups is 1. The molecule has 0 aromatic carbocycles. The van der Waals surface area contributed by atoms with Gasteiger partial charge in [-0.15, -0.1) is 10.2 Å². The molecule has 0 fully saturated rings. The van der Waals surface area contributed by atoms with Crippen molar-refractivity contribution in [1.82, 2.24) is 25.1 Å². The van der Waals surface area contributed by atoms with E-state index in [-0.39, 0.29) is 5.91 Å². The molecule has 0 saturated heterocycles. The first-order valence-electron chi connectivity index (χ1n) is 6.66. The molecule has 0 aliphatic carbocycles. The average Bonchev–Trinajstić information content (AvgIpc) is 3.03. The normalized spacial score (nSPS) is 11.0. The number of rotatable bonds is 4. The summed E-state index contributed by atoms with van der Waals surface area (Å²) < 4.78 is 6.89. The Labute approximate surface area is 121 Å². The molecular formula is C14H15N5O2. The summed E-state index contributed by atoms with van der Waals surface area (Å²) in [5.74, 6) is 1.16. The van der Waals surface area contributed by atoms with Crippen LogP contribution in [0.1, 0.15) is 27.6 Å². The molecule has 0 spiro atoms. The molecule has 0 atom stereocenters. The maximum atomic E-state index is 12.1. The van der Waals surface area contributed by atoms with Crippen molar-refractivity contribution in [2.75, 3.05) is 6.54 Å². The van der Waals surface area contributed by atoms with Crippen molar-refractivity contribution in [3.05, 3.63) is 47.2 Å². The minimum absolute atomic E-state index is 0.180. The highest BCUT2D eigenvalue weighted by molar-refractivity contribution is 5.96. The van der Waals surface area contributed by atoms with Crippen molar-refractivity contribution < 1.29 is 9.32 Å². The molecule has 3 aromatic rings. The molecule has 3 aromatic heterocycles. The molecule has 108 valence electrons. The molecule has 3 heterocycles. The summed E-state index contributed by atoms with van der Waals surface area (Å²) in [6, 6.07) is 5.72. The van der Waals surface area contributed by atoms with Crippen molar-refractivity contribution in [2.24, 2.45) is 0 Å². The number of aromatic nitrogens is 4. The molecule has 7 nitrogen and oxygen atoms in total. The van der Waals surface area contributed by atoms with Crippen molar-refractivity contribution in [2.45, 2.75) is 20.3 Å². The number of pyridine rings is 1. The third-order valence-corrected chi connectivity index (χ3v) is 3.28. The van der Waals surface area contributed by atoms with E-state index in [1.54, 1.807) is 13.8 Å². The Morgan fingerprint density at radius 3 is 2.95 bits per heavy atom. The van der Waals surface area contributed by atoms with Crippen LogP contribution < -0.4 is 5.32 Å². The Balaban J connectivity index is 1.65. The second-order valence-electron chi connectivity index (χ2n) is 4.75. The molecule has 0 aliphatic rings. The molecule has 0 unspecified atom stereocenters. The first-order chi connectivity index (χ1) is 10.2. The third-order valence-electron chi connectivity index (χ3n) is 3.28. The fourth-order valence-corrected chi connectivity index (χ4v) is 2.24. The molecule has 1 amide bonds. The van der Waals surface area contributed by atoms with Crippen molar-refractivity contribution in [3.8, 4) is 0 Å². The number of nitrogens with one attached hydrogen (secondary N) is 1. The van der Waals surface area contributed by atoms with Gasteiger partial charge in [0.1, 0.15) is 17.1 Å². The van der Waals surface area contributed by atoms with Gasteiger partial charge in [0.15, 0.2) is 5.65 Å². The summed E-state index contributed by atoms with van der Waals surface area (Å²) in [5, 5.41) is 14.8. The fourth-order valence-electron chi connectivity index (χ4n) is 2.24. The van der Waals surface area contributed by atoms with Gasteiger partial charge in [-0.3, -0.25) is 9.20 Å². The van der Waals surface area contributed by atoms with E-state index in [1.807, 2.05) is 28.8 Å². The van der Waals surface area contributed by atoms with E-state index in [4.69, 9.17) is 4.52 Å². The van der Waals surface area contributed by atoms with Crippen LogP contribution in [0.4, 0.5) is 0 Å². The van der Waals surface area contributed by atoms with E-state index in [0.29, 0.717) is 30.0 Å². The van der Waals surface area contributed by atoms with Gasteiger partial charge in [0.05, 0.1) is 5.69 Å². The quantitative estimate of drug-likeness (QED) is 0.781. The lowest BCUT2D eigenvalue weighted by atomic mass is 10.2. The van der Waals surface area contributed by atoms with Gasteiger partial charge in [-0.2, -0.15) is 0 Å². The van der Waals surface area contributed by atoms with E-state index in [0.717, 1.165) is 11.5 Å². The second-order valence-corrected chi connectivity index (χ2v) is 4.75. The van der Waals surface area contributed by atoms with Crippen LogP contribution in [0.5, 0.6) is 0 Å². The highest BCUT2D eigenvalue weighted by Gasteiger charge is 2.17. The van der Waals surface area contributed by atoms with Gasteiger partial charge in [0.2, 0.25) is 0 Å². The zero-order valence-electron chi connectivity index (χ0n) is 11.8. The van der Waals surface area contributed by atoms with Crippen molar-refractivity contribution >= 4 is 11.6 Å². The summed E-state index contributed by atoms with van der Waals surface area (Å²) in [4.78, 5) is 12.1. The lowest BCUT2D eigenvalue weighted by Gasteiger charge is -2.04. The smallest absolute Gasteiger partial charge is 0.256 e. The Morgan fingerprint density at radius 2 is 2.19 bits per heavy atom. The van der Waals surface area contributed by atoms with Crippen LogP contribution in [0.3, 0.4) is 0 Å². The monoisotopic (exact) mass is 285 g/mol. The molecule has 3 rings (SSSR count). The van der Waals surface area contributed by atoms with Crippen LogP contribution in [-0.2, 0) is 6.42 Å². The minimum atomic E-state index is -0.180. The van der Waals surface area contributed by atoms with Crippen LogP contribution in [-0.4, -0.2) is 32.2 Å². The first-order valence-corrected chi connectivity index (χ1v) is 6.66.